The molecular weight excluding hydrogens is 206 g/mol. The van der Waals surface area contributed by atoms with Crippen molar-refractivity contribution in [2.75, 3.05) is 6.61 Å². The monoisotopic (exact) mass is 223 g/mol. The molecule has 0 aliphatic carbocycles. The van der Waals surface area contributed by atoms with E-state index in [4.69, 9.17) is 5.73 Å². The van der Waals surface area contributed by atoms with E-state index in [1.165, 1.54) is 26.8 Å². The van der Waals surface area contributed by atoms with Crippen molar-refractivity contribution in [3.05, 3.63) is 12.7 Å². The second-order valence-electron chi connectivity index (χ2n) is 3.97. The molecule has 0 aromatic rings. The normalized spacial score (nSPS) is 17.5. The van der Waals surface area contributed by atoms with Crippen LogP contribution in [0.4, 0.5) is 0 Å². The van der Waals surface area contributed by atoms with Crippen molar-refractivity contribution in [1.82, 2.24) is 0 Å². The van der Waals surface area contributed by atoms with E-state index in [0.717, 1.165) is 0 Å². The Bertz CT molecular complexity index is 300. The van der Waals surface area contributed by atoms with Crippen molar-refractivity contribution < 1.29 is 17.7 Å². The van der Waals surface area contributed by atoms with E-state index in [-0.39, 0.29) is 6.61 Å². The molecule has 0 aromatic carbocycles. The third-order valence-corrected chi connectivity index (χ3v) is 3.62. The van der Waals surface area contributed by atoms with Gasteiger partial charge in [0.15, 0.2) is 0 Å². The van der Waals surface area contributed by atoms with Crippen LogP contribution in [0.15, 0.2) is 12.7 Å². The smallest absolute Gasteiger partial charge is 0.312 e. The SMILES string of the molecule is C=CCOS(=O)(=O)C(N)(O)C(C)(C)C. The van der Waals surface area contributed by atoms with Gasteiger partial charge in [-0.3, -0.25) is 9.92 Å². The highest BCUT2D eigenvalue weighted by Crippen LogP contribution is 2.31. The lowest BCUT2D eigenvalue weighted by Gasteiger charge is -2.34. The van der Waals surface area contributed by atoms with Crippen molar-refractivity contribution in [1.29, 1.82) is 0 Å². The molecule has 0 saturated heterocycles. The maximum atomic E-state index is 11.4. The molecule has 0 bridgehead atoms. The van der Waals surface area contributed by atoms with E-state index >= 15 is 0 Å². The molecule has 0 aliphatic rings. The van der Waals surface area contributed by atoms with Gasteiger partial charge in [-0.1, -0.05) is 26.8 Å². The van der Waals surface area contributed by atoms with Gasteiger partial charge in [-0.15, -0.1) is 6.58 Å². The van der Waals surface area contributed by atoms with Crippen molar-refractivity contribution in [2.45, 2.75) is 25.8 Å². The third-order valence-electron chi connectivity index (χ3n) is 1.80. The Morgan fingerprint density at radius 1 is 1.50 bits per heavy atom. The number of hydrogen-bond acceptors (Lipinski definition) is 5. The molecule has 5 nitrogen and oxygen atoms in total. The Morgan fingerprint density at radius 2 is 1.93 bits per heavy atom. The average molecular weight is 223 g/mol. The highest BCUT2D eigenvalue weighted by Gasteiger charge is 2.49. The molecule has 0 fully saturated rings. The van der Waals surface area contributed by atoms with Crippen LogP contribution < -0.4 is 5.73 Å². The lowest BCUT2D eigenvalue weighted by Crippen LogP contribution is -2.58. The fraction of sp³-hybridized carbons (Fsp3) is 0.750. The van der Waals surface area contributed by atoms with E-state index in [1.807, 2.05) is 0 Å². The van der Waals surface area contributed by atoms with Gasteiger partial charge in [-0.2, -0.15) is 8.42 Å². The topological polar surface area (TPSA) is 89.6 Å². The molecule has 0 aliphatic heterocycles. The van der Waals surface area contributed by atoms with Gasteiger partial charge >= 0.3 is 10.1 Å². The molecule has 0 heterocycles. The molecule has 0 spiro atoms. The summed E-state index contributed by atoms with van der Waals surface area (Å²) in [5, 5.41) is 7.22. The summed E-state index contributed by atoms with van der Waals surface area (Å²) in [6, 6.07) is 0. The van der Waals surface area contributed by atoms with Crippen molar-refractivity contribution in [3.8, 4) is 0 Å². The Balaban J connectivity index is 4.99. The fourth-order valence-corrected chi connectivity index (χ4v) is 1.81. The number of hydrogen-bond donors (Lipinski definition) is 2. The summed E-state index contributed by atoms with van der Waals surface area (Å²) in [5.74, 6) is 0. The lowest BCUT2D eigenvalue weighted by atomic mass is 9.94. The number of nitrogens with two attached hydrogens (primary N) is 1. The van der Waals surface area contributed by atoms with Crippen molar-refractivity contribution >= 4 is 10.1 Å². The molecule has 1 atom stereocenters. The summed E-state index contributed by atoms with van der Waals surface area (Å²) in [4.78, 5) is 0. The summed E-state index contributed by atoms with van der Waals surface area (Å²) in [6.07, 6.45) is 1.26. The van der Waals surface area contributed by atoms with Gasteiger partial charge in [0, 0.05) is 5.41 Å². The predicted molar refractivity (Wildman–Crippen MR) is 53.7 cm³/mol. The predicted octanol–water partition coefficient (Wildman–Crippen LogP) is 0.170. The zero-order valence-electron chi connectivity index (χ0n) is 8.65. The van der Waals surface area contributed by atoms with Gasteiger partial charge in [-0.25, -0.2) is 0 Å². The van der Waals surface area contributed by atoms with E-state index in [1.54, 1.807) is 0 Å². The van der Waals surface area contributed by atoms with Crippen LogP contribution in [0.5, 0.6) is 0 Å². The van der Waals surface area contributed by atoms with E-state index in [2.05, 4.69) is 10.8 Å². The Hall–Kier alpha value is -0.430. The van der Waals surface area contributed by atoms with E-state index in [9.17, 15) is 13.5 Å². The van der Waals surface area contributed by atoms with Crippen LogP contribution in [-0.4, -0.2) is 25.2 Å². The van der Waals surface area contributed by atoms with Gasteiger partial charge < -0.3 is 5.11 Å². The minimum absolute atomic E-state index is 0.210. The van der Waals surface area contributed by atoms with Crippen LogP contribution in [0.25, 0.3) is 0 Å². The average Bonchev–Trinajstić information content (AvgIpc) is 1.98. The molecule has 84 valence electrons. The van der Waals surface area contributed by atoms with Gasteiger partial charge in [-0.05, 0) is 0 Å². The molecule has 0 aromatic heterocycles. The van der Waals surface area contributed by atoms with E-state index in [0.29, 0.717) is 0 Å². The van der Waals surface area contributed by atoms with E-state index < -0.39 is 20.6 Å². The molecule has 0 amide bonds. The molecule has 1 unspecified atom stereocenters. The Labute approximate surface area is 84.7 Å². The maximum absolute atomic E-state index is 11.4. The molecule has 3 N–H and O–H groups in total. The molecule has 0 rings (SSSR count). The second kappa shape index (κ2) is 3.98. The molecule has 14 heavy (non-hydrogen) atoms. The lowest BCUT2D eigenvalue weighted by molar-refractivity contribution is 0.0130. The molecule has 6 heteroatoms. The second-order valence-corrected chi connectivity index (χ2v) is 5.74. The first-order valence-electron chi connectivity index (χ1n) is 4.07. The summed E-state index contributed by atoms with van der Waals surface area (Å²) >= 11 is 0. The number of rotatable bonds is 4. The van der Waals surface area contributed by atoms with Gasteiger partial charge in [0.25, 0.3) is 0 Å². The van der Waals surface area contributed by atoms with Gasteiger partial charge in [0.05, 0.1) is 6.61 Å². The standard InChI is InChI=1S/C8H17NO4S/c1-5-6-13-14(11,12)8(9,10)7(2,3)4/h5,10H,1,6,9H2,2-4H3. The van der Waals surface area contributed by atoms with Crippen LogP contribution in [0.3, 0.4) is 0 Å². The summed E-state index contributed by atoms with van der Waals surface area (Å²) in [7, 11) is -4.22. The van der Waals surface area contributed by atoms with Gasteiger partial charge in [0.1, 0.15) is 0 Å². The fourth-order valence-electron chi connectivity index (χ4n) is 0.603. The van der Waals surface area contributed by atoms with Crippen LogP contribution in [0.2, 0.25) is 0 Å². The molecule has 0 saturated carbocycles. The van der Waals surface area contributed by atoms with Crippen molar-refractivity contribution in [2.24, 2.45) is 11.1 Å². The quantitative estimate of drug-likeness (QED) is 0.403. The maximum Gasteiger partial charge on any atom is 0.312 e. The minimum Gasteiger partial charge on any atom is -0.361 e. The Morgan fingerprint density at radius 3 is 2.21 bits per heavy atom. The highest BCUT2D eigenvalue weighted by molar-refractivity contribution is 7.87. The summed E-state index contributed by atoms with van der Waals surface area (Å²) < 4.78 is 27.3. The minimum atomic E-state index is -4.22. The van der Waals surface area contributed by atoms with Crippen LogP contribution in [0.1, 0.15) is 20.8 Å². The first-order chi connectivity index (χ1) is 6.06. The largest absolute Gasteiger partial charge is 0.361 e. The first-order valence-corrected chi connectivity index (χ1v) is 5.48. The van der Waals surface area contributed by atoms with Crippen molar-refractivity contribution in [3.63, 3.8) is 0 Å². The number of aliphatic hydroxyl groups is 1. The molecular formula is C8H17NO4S. The zero-order valence-corrected chi connectivity index (χ0v) is 9.47. The van der Waals surface area contributed by atoms with Gasteiger partial charge in [0.2, 0.25) is 5.06 Å². The zero-order chi connectivity index (χ0) is 11.6. The first kappa shape index (κ1) is 13.6. The van der Waals surface area contributed by atoms with Crippen LogP contribution in [0, 0.1) is 5.41 Å². The summed E-state index contributed by atoms with van der Waals surface area (Å²) in [5.41, 5.74) is 4.29. The highest BCUT2D eigenvalue weighted by atomic mass is 32.2. The molecule has 0 radical (unpaired) electrons. The van der Waals surface area contributed by atoms with Crippen LogP contribution >= 0.6 is 0 Å². The summed E-state index contributed by atoms with van der Waals surface area (Å²) in [6.45, 7) is 7.59. The Kier molecular flexibility index (Phi) is 3.85. The third kappa shape index (κ3) is 2.54. The van der Waals surface area contributed by atoms with Crippen LogP contribution in [-0.2, 0) is 14.3 Å².